The van der Waals surface area contributed by atoms with E-state index in [0.29, 0.717) is 12.1 Å². The lowest BCUT2D eigenvalue weighted by atomic mass is 10.2. The molecular formula is C20H25N3O5S. The number of carbonyl (C=O) groups is 3. The molecule has 2 heterocycles. The van der Waals surface area contributed by atoms with Gasteiger partial charge in [0.15, 0.2) is 9.84 Å². The molecule has 2 unspecified atom stereocenters. The van der Waals surface area contributed by atoms with Crippen molar-refractivity contribution in [2.45, 2.75) is 51.2 Å². The normalized spacial score (nSPS) is 26.3. The van der Waals surface area contributed by atoms with Crippen LogP contribution >= 0.6 is 0 Å². The predicted octanol–water partition coefficient (Wildman–Crippen LogP) is 1.33. The summed E-state index contributed by atoms with van der Waals surface area (Å²) in [4.78, 5) is 42.7. The number of sulfone groups is 1. The minimum Gasteiger partial charge on any atom is -0.334 e. The second kappa shape index (κ2) is 7.12. The van der Waals surface area contributed by atoms with Crippen molar-refractivity contribution in [1.82, 2.24) is 9.80 Å². The molecule has 29 heavy (non-hydrogen) atoms. The Labute approximate surface area is 170 Å². The van der Waals surface area contributed by atoms with Gasteiger partial charge in [0.25, 0.3) is 5.91 Å². The first-order valence-corrected chi connectivity index (χ1v) is 11.7. The van der Waals surface area contributed by atoms with Crippen LogP contribution < -0.4 is 4.90 Å². The van der Waals surface area contributed by atoms with Gasteiger partial charge in [-0.2, -0.15) is 0 Å². The molecule has 156 valence electrons. The molecule has 2 atom stereocenters. The van der Waals surface area contributed by atoms with Gasteiger partial charge in [0.1, 0.15) is 12.6 Å². The van der Waals surface area contributed by atoms with Crippen LogP contribution in [0.5, 0.6) is 0 Å². The number of rotatable bonds is 5. The lowest BCUT2D eigenvalue weighted by molar-refractivity contribution is -0.139. The average molecular weight is 420 g/mol. The molecule has 0 radical (unpaired) electrons. The Bertz CT molecular complexity index is 955. The molecule has 0 spiro atoms. The molecule has 0 aromatic heterocycles. The molecule has 3 aliphatic rings. The van der Waals surface area contributed by atoms with E-state index in [-0.39, 0.29) is 36.0 Å². The summed E-state index contributed by atoms with van der Waals surface area (Å²) in [5.74, 6) is -0.732. The number of urea groups is 1. The van der Waals surface area contributed by atoms with Gasteiger partial charge in [-0.1, -0.05) is 17.7 Å². The molecule has 0 N–H and O–H groups in total. The fourth-order valence-electron chi connectivity index (χ4n) is 4.18. The van der Waals surface area contributed by atoms with Crippen molar-refractivity contribution in [2.24, 2.45) is 0 Å². The van der Waals surface area contributed by atoms with Crippen molar-refractivity contribution in [3.8, 4) is 0 Å². The summed E-state index contributed by atoms with van der Waals surface area (Å²) in [7, 11) is -3.14. The van der Waals surface area contributed by atoms with Gasteiger partial charge < -0.3 is 4.90 Å². The molecule has 9 heteroatoms. The molecular weight excluding hydrogens is 394 g/mol. The third-order valence-corrected chi connectivity index (χ3v) is 7.63. The number of benzene rings is 1. The Morgan fingerprint density at radius 3 is 2.31 bits per heavy atom. The lowest BCUT2D eigenvalue weighted by Gasteiger charge is -2.29. The molecule has 8 nitrogen and oxygen atoms in total. The predicted molar refractivity (Wildman–Crippen MR) is 107 cm³/mol. The molecule has 2 aliphatic heterocycles. The van der Waals surface area contributed by atoms with Crippen molar-refractivity contribution < 1.29 is 22.8 Å². The van der Waals surface area contributed by atoms with Gasteiger partial charge in [-0.25, -0.2) is 13.2 Å². The van der Waals surface area contributed by atoms with Crippen LogP contribution in [0.25, 0.3) is 0 Å². The van der Waals surface area contributed by atoms with Crippen LogP contribution in [-0.2, 0) is 19.4 Å². The Kier molecular flexibility index (Phi) is 4.88. The Balaban J connectivity index is 1.52. The number of carbonyl (C=O) groups excluding carboxylic acids is 3. The Hall–Kier alpha value is -2.42. The van der Waals surface area contributed by atoms with Gasteiger partial charge in [-0.3, -0.25) is 19.4 Å². The maximum atomic E-state index is 13.0. The van der Waals surface area contributed by atoms with Gasteiger partial charge in [0, 0.05) is 17.8 Å². The van der Waals surface area contributed by atoms with Crippen LogP contribution in [0.3, 0.4) is 0 Å². The molecule has 1 aromatic rings. The standard InChI is InChI=1S/C20H25N3O5S/c1-13-3-5-15(6-4-13)22-14(2)19(25)21(20(22)26)11-18(24)23(16-7-8-16)17-9-10-29(27,28)12-17/h3-6,14,16-17H,7-12H2,1-2H3. The third-order valence-electron chi connectivity index (χ3n) is 5.88. The first-order valence-electron chi connectivity index (χ1n) is 9.91. The topological polar surface area (TPSA) is 95.1 Å². The van der Waals surface area contributed by atoms with Gasteiger partial charge >= 0.3 is 6.03 Å². The maximum Gasteiger partial charge on any atom is 0.332 e. The summed E-state index contributed by atoms with van der Waals surface area (Å²) in [5, 5.41) is 0. The fourth-order valence-corrected chi connectivity index (χ4v) is 5.89. The molecule has 2 saturated heterocycles. The molecule has 1 aliphatic carbocycles. The van der Waals surface area contributed by atoms with Crippen LogP contribution in [0.2, 0.25) is 0 Å². The summed E-state index contributed by atoms with van der Waals surface area (Å²) in [5.41, 5.74) is 1.65. The van der Waals surface area contributed by atoms with E-state index in [1.54, 1.807) is 24.0 Å². The van der Waals surface area contributed by atoms with E-state index in [2.05, 4.69) is 0 Å². The zero-order valence-corrected chi connectivity index (χ0v) is 17.4. The number of aryl methyl sites for hydroxylation is 1. The summed E-state index contributed by atoms with van der Waals surface area (Å²) >= 11 is 0. The zero-order chi connectivity index (χ0) is 20.9. The number of hydrogen-bond acceptors (Lipinski definition) is 5. The Morgan fingerprint density at radius 2 is 1.76 bits per heavy atom. The van der Waals surface area contributed by atoms with Crippen LogP contribution in [0, 0.1) is 6.92 Å². The van der Waals surface area contributed by atoms with Crippen LogP contribution in [-0.4, -0.2) is 72.2 Å². The summed E-state index contributed by atoms with van der Waals surface area (Å²) < 4.78 is 23.7. The SMILES string of the molecule is Cc1ccc(N2C(=O)N(CC(=O)N(C3CC3)C3CCS(=O)(=O)C3)C(=O)C2C)cc1. The first-order chi connectivity index (χ1) is 13.7. The summed E-state index contributed by atoms with van der Waals surface area (Å²) in [6.45, 7) is 3.23. The van der Waals surface area contributed by atoms with Crippen molar-refractivity contribution in [2.75, 3.05) is 23.0 Å². The van der Waals surface area contributed by atoms with Gasteiger partial charge in [-0.05, 0) is 45.2 Å². The van der Waals surface area contributed by atoms with Gasteiger partial charge in [-0.15, -0.1) is 0 Å². The van der Waals surface area contributed by atoms with E-state index in [4.69, 9.17) is 0 Å². The van der Waals surface area contributed by atoms with Crippen LogP contribution in [0.4, 0.5) is 10.5 Å². The van der Waals surface area contributed by atoms with E-state index in [1.165, 1.54) is 4.90 Å². The largest absolute Gasteiger partial charge is 0.334 e. The second-order valence-corrected chi connectivity index (χ2v) is 10.4. The van der Waals surface area contributed by atoms with E-state index in [1.807, 2.05) is 19.1 Å². The highest BCUT2D eigenvalue weighted by Crippen LogP contribution is 2.33. The highest BCUT2D eigenvalue weighted by Gasteiger charge is 2.47. The summed E-state index contributed by atoms with van der Waals surface area (Å²) in [6.07, 6.45) is 2.07. The highest BCUT2D eigenvalue weighted by molar-refractivity contribution is 7.91. The monoisotopic (exact) mass is 419 g/mol. The smallest absolute Gasteiger partial charge is 0.332 e. The molecule has 1 aromatic carbocycles. The fraction of sp³-hybridized carbons (Fsp3) is 0.550. The molecule has 4 amide bonds. The second-order valence-electron chi connectivity index (χ2n) is 8.18. The Morgan fingerprint density at radius 1 is 1.10 bits per heavy atom. The van der Waals surface area contributed by atoms with Crippen LogP contribution in [0.15, 0.2) is 24.3 Å². The van der Waals surface area contributed by atoms with E-state index in [9.17, 15) is 22.8 Å². The van der Waals surface area contributed by atoms with Crippen molar-refractivity contribution >= 4 is 33.4 Å². The van der Waals surface area contributed by atoms with E-state index in [0.717, 1.165) is 23.3 Å². The number of nitrogens with zero attached hydrogens (tertiary/aromatic N) is 3. The molecule has 3 fully saturated rings. The third kappa shape index (κ3) is 3.75. The zero-order valence-electron chi connectivity index (χ0n) is 16.6. The number of amides is 4. The van der Waals surface area contributed by atoms with Crippen molar-refractivity contribution in [1.29, 1.82) is 0 Å². The van der Waals surface area contributed by atoms with E-state index < -0.39 is 27.8 Å². The number of anilines is 1. The quantitative estimate of drug-likeness (QED) is 0.671. The van der Waals surface area contributed by atoms with E-state index >= 15 is 0 Å². The minimum atomic E-state index is -3.14. The molecule has 4 rings (SSSR count). The molecule has 1 saturated carbocycles. The number of hydrogen-bond donors (Lipinski definition) is 0. The van der Waals surface area contributed by atoms with Gasteiger partial charge in [0.05, 0.1) is 11.5 Å². The van der Waals surface area contributed by atoms with Gasteiger partial charge in [0.2, 0.25) is 5.91 Å². The average Bonchev–Trinajstić information content (AvgIpc) is 3.39. The molecule has 0 bridgehead atoms. The van der Waals surface area contributed by atoms with Crippen LogP contribution in [0.1, 0.15) is 31.7 Å². The summed E-state index contributed by atoms with van der Waals surface area (Å²) in [6, 6.07) is 5.72. The first kappa shape index (κ1) is 19.9. The lowest BCUT2D eigenvalue weighted by Crippen LogP contribution is -2.49. The highest BCUT2D eigenvalue weighted by atomic mass is 32.2. The van der Waals surface area contributed by atoms with Crippen molar-refractivity contribution in [3.63, 3.8) is 0 Å². The minimum absolute atomic E-state index is 0.0132. The maximum absolute atomic E-state index is 13.0. The number of imide groups is 1. The van der Waals surface area contributed by atoms with Crippen molar-refractivity contribution in [3.05, 3.63) is 29.8 Å².